The first-order valence-corrected chi connectivity index (χ1v) is 9.10. The molecule has 0 fully saturated rings. The first-order valence-electron chi connectivity index (χ1n) is 9.10. The molecule has 31 heavy (non-hydrogen) atoms. The van der Waals surface area contributed by atoms with Crippen LogP contribution in [0.5, 0.6) is 0 Å². The summed E-state index contributed by atoms with van der Waals surface area (Å²) >= 11 is 0. The lowest BCUT2D eigenvalue weighted by Crippen LogP contribution is -2.37. The van der Waals surface area contributed by atoms with E-state index in [1.165, 1.54) is 18.2 Å². The summed E-state index contributed by atoms with van der Waals surface area (Å²) in [6.07, 6.45) is 1.45. The highest BCUT2D eigenvalue weighted by Gasteiger charge is 2.31. The summed E-state index contributed by atoms with van der Waals surface area (Å²) in [5.74, 6) is -0.635. The number of non-ortho nitro benzene ring substituents is 1. The fraction of sp³-hybridized carbons (Fsp3) is 0. The molecule has 2 heterocycles. The third-order valence-corrected chi connectivity index (χ3v) is 4.67. The van der Waals surface area contributed by atoms with Crippen molar-refractivity contribution in [2.75, 3.05) is 0 Å². The van der Waals surface area contributed by atoms with Crippen LogP contribution in [-0.4, -0.2) is 16.7 Å². The van der Waals surface area contributed by atoms with Crippen molar-refractivity contribution in [3.63, 3.8) is 0 Å². The Morgan fingerprint density at radius 3 is 2.29 bits per heavy atom. The molecule has 1 aliphatic heterocycles. The number of hydrogen-bond acceptors (Lipinski definition) is 6. The Labute approximate surface area is 175 Å². The lowest BCUT2D eigenvalue weighted by Gasteiger charge is -2.19. The molecule has 1 aliphatic rings. The molecule has 1 N–H and O–H groups in total. The number of nitro benzene ring substituents is 1. The van der Waals surface area contributed by atoms with E-state index in [-0.39, 0.29) is 22.4 Å². The maximum atomic E-state index is 12.6. The zero-order valence-corrected chi connectivity index (χ0v) is 15.9. The topological polar surface area (TPSA) is 126 Å². The van der Waals surface area contributed by atoms with Gasteiger partial charge in [0.2, 0.25) is 0 Å². The average molecular weight is 411 g/mol. The molecular formula is C23H13N3O5. The van der Waals surface area contributed by atoms with Crippen molar-refractivity contribution >= 4 is 29.2 Å². The van der Waals surface area contributed by atoms with E-state index in [2.05, 4.69) is 5.32 Å². The maximum absolute atomic E-state index is 12.6. The lowest BCUT2D eigenvalue weighted by molar-refractivity contribution is -0.384. The van der Waals surface area contributed by atoms with Crippen molar-refractivity contribution in [3.8, 4) is 17.4 Å². The highest BCUT2D eigenvalue weighted by Crippen LogP contribution is 2.33. The first kappa shape index (κ1) is 19.5. The van der Waals surface area contributed by atoms with Crippen molar-refractivity contribution in [3.05, 3.63) is 99.3 Å². The smallest absolute Gasteiger partial charge is 0.269 e. The van der Waals surface area contributed by atoms with E-state index in [9.17, 15) is 25.0 Å². The van der Waals surface area contributed by atoms with Crippen LogP contribution in [0, 0.1) is 21.4 Å². The predicted octanol–water partition coefficient (Wildman–Crippen LogP) is 3.87. The quantitative estimate of drug-likeness (QED) is 0.301. The minimum Gasteiger partial charge on any atom is -0.457 e. The van der Waals surface area contributed by atoms with E-state index >= 15 is 0 Å². The molecule has 3 aromatic rings. The first-order chi connectivity index (χ1) is 15.0. The molecule has 0 aliphatic carbocycles. The molecule has 1 aromatic heterocycles. The van der Waals surface area contributed by atoms with Gasteiger partial charge in [-0.25, -0.2) is 0 Å². The van der Waals surface area contributed by atoms with Crippen molar-refractivity contribution in [1.82, 2.24) is 5.32 Å². The minimum atomic E-state index is -0.755. The molecule has 0 saturated carbocycles. The molecule has 2 aromatic carbocycles. The van der Waals surface area contributed by atoms with Crippen LogP contribution in [0.15, 0.2) is 82.3 Å². The van der Waals surface area contributed by atoms with Gasteiger partial charge in [0, 0.05) is 23.3 Å². The molecule has 0 spiro atoms. The number of carbonyl (C=O) groups excluding carboxylic acids is 2. The molecule has 2 amide bonds. The molecule has 0 atom stereocenters. The molecule has 150 valence electrons. The fourth-order valence-corrected chi connectivity index (χ4v) is 3.22. The fourth-order valence-electron chi connectivity index (χ4n) is 3.22. The van der Waals surface area contributed by atoms with Gasteiger partial charge < -0.3 is 4.42 Å². The number of hydrogen-bond donors (Lipinski definition) is 1. The molecule has 8 heteroatoms. The monoisotopic (exact) mass is 411 g/mol. The number of rotatable bonds is 4. The zero-order valence-electron chi connectivity index (χ0n) is 15.9. The Bertz CT molecular complexity index is 1310. The van der Waals surface area contributed by atoms with E-state index in [0.717, 1.165) is 0 Å². The second kappa shape index (κ2) is 7.93. The largest absolute Gasteiger partial charge is 0.457 e. The van der Waals surface area contributed by atoms with Gasteiger partial charge in [-0.3, -0.25) is 25.0 Å². The molecule has 0 radical (unpaired) electrons. The minimum absolute atomic E-state index is 0.0390. The Hall–Kier alpha value is -4.77. The van der Waals surface area contributed by atoms with Crippen molar-refractivity contribution in [2.45, 2.75) is 0 Å². The highest BCUT2D eigenvalue weighted by atomic mass is 16.6. The highest BCUT2D eigenvalue weighted by molar-refractivity contribution is 6.28. The Morgan fingerprint density at radius 1 is 0.935 bits per heavy atom. The Kier molecular flexibility index (Phi) is 5.00. The van der Waals surface area contributed by atoms with Crippen LogP contribution in [0.3, 0.4) is 0 Å². The van der Waals surface area contributed by atoms with Crippen LogP contribution in [-0.2, 0) is 9.59 Å². The lowest BCUT2D eigenvalue weighted by atomic mass is 9.89. The van der Waals surface area contributed by atoms with Crippen molar-refractivity contribution < 1.29 is 18.9 Å². The predicted molar refractivity (Wildman–Crippen MR) is 111 cm³/mol. The number of furan rings is 1. The van der Waals surface area contributed by atoms with Gasteiger partial charge in [0.05, 0.1) is 10.5 Å². The van der Waals surface area contributed by atoms with Crippen LogP contribution in [0.1, 0.15) is 11.3 Å². The number of nitrogens with zero attached hydrogens (tertiary/aromatic N) is 2. The summed E-state index contributed by atoms with van der Waals surface area (Å²) < 4.78 is 5.78. The van der Waals surface area contributed by atoms with Crippen LogP contribution < -0.4 is 5.32 Å². The summed E-state index contributed by atoms with van der Waals surface area (Å²) in [4.78, 5) is 35.1. The van der Waals surface area contributed by atoms with E-state index in [4.69, 9.17) is 4.42 Å². The number of imide groups is 1. The van der Waals surface area contributed by atoms with Crippen LogP contribution in [0.25, 0.3) is 23.0 Å². The van der Waals surface area contributed by atoms with E-state index < -0.39 is 16.7 Å². The zero-order chi connectivity index (χ0) is 22.0. The standard InChI is InChI=1S/C23H13N3O5/c24-13-19-21(15-4-2-1-3-5-15)18(22(27)25-23(19)28)12-17-10-11-20(31-17)14-6-8-16(9-7-14)26(29)30/h1-12H,(H,25,27,28)/b18-12-. The van der Waals surface area contributed by atoms with Crippen LogP contribution in [0.4, 0.5) is 5.69 Å². The molecule has 0 saturated heterocycles. The molecular weight excluding hydrogens is 398 g/mol. The SMILES string of the molecule is N#CC1=C(c2ccccc2)/C(=C/c2ccc(-c3ccc([N+](=O)[O-])cc3)o2)C(=O)NC1=O. The van der Waals surface area contributed by atoms with Gasteiger partial charge in [-0.15, -0.1) is 0 Å². The second-order valence-corrected chi connectivity index (χ2v) is 6.58. The number of nitriles is 1. The molecule has 8 nitrogen and oxygen atoms in total. The summed E-state index contributed by atoms with van der Waals surface area (Å²) in [7, 11) is 0. The van der Waals surface area contributed by atoms with Crippen LogP contribution >= 0.6 is 0 Å². The number of amides is 2. The molecule has 0 bridgehead atoms. The Balaban J connectivity index is 1.77. The second-order valence-electron chi connectivity index (χ2n) is 6.58. The molecule has 4 rings (SSSR count). The van der Waals surface area contributed by atoms with Crippen molar-refractivity contribution in [2.24, 2.45) is 0 Å². The van der Waals surface area contributed by atoms with E-state index in [1.807, 2.05) is 6.07 Å². The normalized spacial score (nSPS) is 15.0. The van der Waals surface area contributed by atoms with Gasteiger partial charge in [0.25, 0.3) is 17.5 Å². The number of nitro groups is 1. The number of carbonyl (C=O) groups is 2. The van der Waals surface area contributed by atoms with Gasteiger partial charge >= 0.3 is 0 Å². The third-order valence-electron chi connectivity index (χ3n) is 4.67. The summed E-state index contributed by atoms with van der Waals surface area (Å²) in [6, 6.07) is 19.7. The average Bonchev–Trinajstić information content (AvgIpc) is 3.24. The number of nitrogens with one attached hydrogen (secondary N) is 1. The summed E-state index contributed by atoms with van der Waals surface area (Å²) in [5.41, 5.74) is 1.31. The van der Waals surface area contributed by atoms with Crippen molar-refractivity contribution in [1.29, 1.82) is 5.26 Å². The summed E-state index contributed by atoms with van der Waals surface area (Å²) in [6.45, 7) is 0. The number of benzene rings is 2. The van der Waals surface area contributed by atoms with Gasteiger partial charge in [0.15, 0.2) is 0 Å². The third kappa shape index (κ3) is 3.75. The summed E-state index contributed by atoms with van der Waals surface area (Å²) in [5, 5.41) is 22.5. The maximum Gasteiger partial charge on any atom is 0.269 e. The van der Waals surface area contributed by atoms with Gasteiger partial charge in [-0.1, -0.05) is 30.3 Å². The van der Waals surface area contributed by atoms with Gasteiger partial charge in [-0.05, 0) is 35.9 Å². The molecule has 0 unspecified atom stereocenters. The van der Waals surface area contributed by atoms with Crippen LogP contribution in [0.2, 0.25) is 0 Å². The van der Waals surface area contributed by atoms with Gasteiger partial charge in [-0.2, -0.15) is 5.26 Å². The van der Waals surface area contributed by atoms with E-state index in [1.54, 1.807) is 54.6 Å². The van der Waals surface area contributed by atoms with E-state index in [0.29, 0.717) is 22.6 Å². The Morgan fingerprint density at radius 2 is 1.65 bits per heavy atom. The van der Waals surface area contributed by atoms with Gasteiger partial charge in [0.1, 0.15) is 23.2 Å².